The fourth-order valence-electron chi connectivity index (χ4n) is 0.102. The first-order valence-corrected chi connectivity index (χ1v) is 5.94. The zero-order valence-corrected chi connectivity index (χ0v) is 12.5. The van der Waals surface area contributed by atoms with Gasteiger partial charge in [-0.15, -0.1) is 0 Å². The predicted octanol–water partition coefficient (Wildman–Crippen LogP) is 5.35. The van der Waals surface area contributed by atoms with Crippen molar-refractivity contribution >= 4 is 10.6 Å². The lowest BCUT2D eigenvalue weighted by Gasteiger charge is -1.93. The Morgan fingerprint density at radius 3 is 1.12 bits per heavy atom. The molecule has 0 aliphatic heterocycles. The summed E-state index contributed by atoms with van der Waals surface area (Å²) in [6.45, 7) is -6.91. The SMILES string of the molecule is FCC(F)(F)F.FCF.FCOC(F)=C(F)F.FCOF.O=S(=O)(F)F. The third-order valence-electron chi connectivity index (χ3n) is 0.523. The first kappa shape index (κ1) is 35.6. The van der Waals surface area contributed by atoms with E-state index in [0.717, 1.165) is 0 Å². The van der Waals surface area contributed by atoms with Gasteiger partial charge in [-0.3, -0.25) is 0 Å². The molecule has 0 saturated carbocycles. The molecule has 4 nitrogen and oxygen atoms in total. The molecule has 0 aromatic rings. The molecule has 0 atom stereocenters. The monoisotopic (exact) mass is 454 g/mol. The molecular weight excluding hydrogens is 446 g/mol. The highest BCUT2D eigenvalue weighted by Gasteiger charge is 2.26. The van der Waals surface area contributed by atoms with E-state index in [4.69, 9.17) is 8.42 Å². The van der Waals surface area contributed by atoms with Gasteiger partial charge in [-0.2, -0.15) is 39.7 Å². The van der Waals surface area contributed by atoms with E-state index in [1.807, 2.05) is 0 Å². The van der Waals surface area contributed by atoms with E-state index < -0.39 is 56.2 Å². The van der Waals surface area contributed by atoms with Gasteiger partial charge >= 0.3 is 28.9 Å². The number of ether oxygens (including phenoxy) is 1. The van der Waals surface area contributed by atoms with Crippen LogP contribution in [0.25, 0.3) is 0 Å². The maximum Gasteiger partial charge on any atom is 0.476 e. The molecule has 0 heterocycles. The molecule has 164 valence electrons. The van der Waals surface area contributed by atoms with Crippen LogP contribution in [0.15, 0.2) is 12.1 Å². The number of halogens is 14. The van der Waals surface area contributed by atoms with Crippen LogP contribution >= 0.6 is 0 Å². The molecule has 0 spiro atoms. The van der Waals surface area contributed by atoms with Crippen molar-refractivity contribution in [2.24, 2.45) is 0 Å². The quantitative estimate of drug-likeness (QED) is 0.328. The Morgan fingerprint density at radius 2 is 1.08 bits per heavy atom. The van der Waals surface area contributed by atoms with Crippen molar-refractivity contribution in [3.05, 3.63) is 12.1 Å². The van der Waals surface area contributed by atoms with Gasteiger partial charge in [0.05, 0.1) is 0 Å². The highest BCUT2D eigenvalue weighted by molar-refractivity contribution is 7.81. The Kier molecular flexibility index (Phi) is 32.1. The van der Waals surface area contributed by atoms with Crippen molar-refractivity contribution in [2.75, 3.05) is 27.3 Å². The van der Waals surface area contributed by atoms with Crippen LogP contribution in [-0.2, 0) is 20.3 Å². The summed E-state index contributed by atoms with van der Waals surface area (Å²) in [5, 5.41) is 0. The van der Waals surface area contributed by atoms with Gasteiger partial charge in [0.25, 0.3) is 0 Å². The van der Waals surface area contributed by atoms with Crippen LogP contribution in [0, 0.1) is 0 Å². The molecule has 0 bridgehead atoms. The lowest BCUT2D eigenvalue weighted by molar-refractivity contribution is -0.167. The normalized spacial score (nSPS) is 9.46. The maximum absolute atomic E-state index is 11.2. The molecule has 0 unspecified atom stereocenters. The Hall–Kier alpha value is -1.53. The van der Waals surface area contributed by atoms with E-state index in [9.17, 15) is 60.6 Å². The van der Waals surface area contributed by atoms with E-state index >= 15 is 0 Å². The fourth-order valence-corrected chi connectivity index (χ4v) is 0.102. The number of rotatable bonds is 3. The summed E-state index contributed by atoms with van der Waals surface area (Å²) in [5.74, 6) is 0. The molecular formula is C7H8F14O4S. The third-order valence-corrected chi connectivity index (χ3v) is 0.523. The third kappa shape index (κ3) is 115. The van der Waals surface area contributed by atoms with Crippen molar-refractivity contribution < 1.29 is 78.7 Å². The summed E-state index contributed by atoms with van der Waals surface area (Å²) >= 11 is 0. The minimum Gasteiger partial charge on any atom is -0.435 e. The molecule has 0 aromatic heterocycles. The topological polar surface area (TPSA) is 52.6 Å². The summed E-state index contributed by atoms with van der Waals surface area (Å²) < 4.78 is 164. The van der Waals surface area contributed by atoms with Gasteiger partial charge in [0.15, 0.2) is 6.67 Å². The van der Waals surface area contributed by atoms with Crippen LogP contribution in [-0.4, -0.2) is 41.9 Å². The Labute approximate surface area is 136 Å². The Balaban J connectivity index is -0.0000000737. The molecule has 0 saturated heterocycles. The molecule has 0 aromatic carbocycles. The van der Waals surface area contributed by atoms with Gasteiger partial charge in [0.2, 0.25) is 20.6 Å². The number of alkyl halides is 8. The van der Waals surface area contributed by atoms with Gasteiger partial charge < -0.3 is 4.74 Å². The standard InChI is InChI=1S/C3H2F4O.C2H2F4.CH2F2O.CH2F2.F2O2S/c4-1-8-3(7)2(5)6;3-1-2(4,5)6;2-1-4-3;2-1-3;1-5(2,3)4/h1H2;1H2;1H2;1H2;. The smallest absolute Gasteiger partial charge is 0.435 e. The first-order chi connectivity index (χ1) is 11.6. The highest BCUT2D eigenvalue weighted by atomic mass is 32.3. The lowest BCUT2D eigenvalue weighted by Crippen LogP contribution is -2.08. The van der Waals surface area contributed by atoms with Gasteiger partial charge in [-0.25, -0.2) is 22.0 Å². The largest absolute Gasteiger partial charge is 0.476 e. The summed E-state index contributed by atoms with van der Waals surface area (Å²) in [4.78, 5) is 2.38. The van der Waals surface area contributed by atoms with E-state index in [1.165, 1.54) is 0 Å². The highest BCUT2D eigenvalue weighted by Crippen LogP contribution is 2.13. The molecule has 0 aliphatic carbocycles. The summed E-state index contributed by atoms with van der Waals surface area (Å²) in [6, 6.07) is -2.16. The predicted molar refractivity (Wildman–Crippen MR) is 55.8 cm³/mol. The van der Waals surface area contributed by atoms with Crippen molar-refractivity contribution in [3.63, 3.8) is 0 Å². The first-order valence-electron chi connectivity index (χ1n) is 4.65. The van der Waals surface area contributed by atoms with Crippen molar-refractivity contribution in [2.45, 2.75) is 6.18 Å². The molecule has 0 aliphatic rings. The van der Waals surface area contributed by atoms with Crippen LogP contribution in [0.2, 0.25) is 0 Å². The molecule has 0 rings (SSSR count). The number of hydrogen-bond acceptors (Lipinski definition) is 4. The minimum absolute atomic E-state index is 1.35. The van der Waals surface area contributed by atoms with E-state index in [1.54, 1.807) is 0 Å². The molecule has 0 fully saturated rings. The molecule has 26 heavy (non-hydrogen) atoms. The zero-order valence-electron chi connectivity index (χ0n) is 11.7. The maximum atomic E-state index is 11.2. The summed E-state index contributed by atoms with van der Waals surface area (Å²) in [7, 11) is -5.67. The van der Waals surface area contributed by atoms with Gasteiger partial charge in [0.1, 0.15) is 0 Å². The van der Waals surface area contributed by atoms with Gasteiger partial charge in [-0.05, 0) is 4.53 Å². The second kappa shape index (κ2) is 23.5. The van der Waals surface area contributed by atoms with Gasteiger partial charge in [-0.1, -0.05) is 7.77 Å². The van der Waals surface area contributed by atoms with Gasteiger partial charge in [0, 0.05) is 0 Å². The second-order valence-corrected chi connectivity index (χ2v) is 2.99. The second-order valence-electron chi connectivity index (χ2n) is 2.23. The summed E-state index contributed by atoms with van der Waals surface area (Å²) in [6.07, 6.45) is -7.28. The van der Waals surface area contributed by atoms with Crippen LogP contribution in [0.1, 0.15) is 0 Å². The average molecular weight is 454 g/mol. The Morgan fingerprint density at radius 1 is 0.846 bits per heavy atom. The minimum atomic E-state index is -5.67. The fraction of sp³-hybridized carbons (Fsp3) is 0.714. The van der Waals surface area contributed by atoms with Crippen LogP contribution < -0.4 is 0 Å². The van der Waals surface area contributed by atoms with E-state index in [0.29, 0.717) is 0 Å². The average Bonchev–Trinajstić information content (AvgIpc) is 2.46. The molecule has 0 amide bonds. The Bertz CT molecular complexity index is 383. The van der Waals surface area contributed by atoms with Crippen LogP contribution in [0.3, 0.4) is 0 Å². The zero-order chi connectivity index (χ0) is 22.4. The lowest BCUT2D eigenvalue weighted by atomic mass is 10.8. The van der Waals surface area contributed by atoms with Crippen molar-refractivity contribution in [1.82, 2.24) is 0 Å². The molecule has 0 N–H and O–H groups in total. The van der Waals surface area contributed by atoms with E-state index in [2.05, 4.69) is 9.68 Å². The number of hydrogen-bond donors (Lipinski definition) is 0. The molecule has 19 heteroatoms. The summed E-state index contributed by atoms with van der Waals surface area (Å²) in [5.41, 5.74) is 0. The van der Waals surface area contributed by atoms with Crippen molar-refractivity contribution in [1.29, 1.82) is 0 Å². The van der Waals surface area contributed by atoms with E-state index in [-0.39, 0.29) is 0 Å². The van der Waals surface area contributed by atoms with Crippen molar-refractivity contribution in [3.8, 4) is 0 Å². The molecule has 0 radical (unpaired) electrons. The van der Waals surface area contributed by atoms with Crippen LogP contribution in [0.4, 0.5) is 60.6 Å². The van der Waals surface area contributed by atoms with Crippen LogP contribution in [0.5, 0.6) is 0 Å².